The van der Waals surface area contributed by atoms with Gasteiger partial charge in [0.1, 0.15) is 13.2 Å². The summed E-state index contributed by atoms with van der Waals surface area (Å²) in [5, 5.41) is 0. The maximum absolute atomic E-state index is 13.6. The first-order valence-electron chi connectivity index (χ1n) is 22.0. The second-order valence-electron chi connectivity index (χ2n) is 15.3. The van der Waals surface area contributed by atoms with Crippen LogP contribution in [0.4, 0.5) is 0 Å². The number of nitrogens with zero attached hydrogens (tertiary/aromatic N) is 1. The van der Waals surface area contributed by atoms with Gasteiger partial charge in [-0.15, -0.1) is 0 Å². The van der Waals surface area contributed by atoms with Crippen LogP contribution in [-0.4, -0.2) is 49.0 Å². The molecule has 3 unspecified atom stereocenters. The lowest BCUT2D eigenvalue weighted by atomic mass is 9.94. The third-order valence-electron chi connectivity index (χ3n) is 10.5. The fourth-order valence-electron chi connectivity index (χ4n) is 6.95. The van der Waals surface area contributed by atoms with E-state index in [1.54, 1.807) is 4.90 Å². The fourth-order valence-corrected chi connectivity index (χ4v) is 6.95. The van der Waals surface area contributed by atoms with E-state index < -0.39 is 0 Å². The first-order chi connectivity index (χ1) is 24.4. The van der Waals surface area contributed by atoms with Gasteiger partial charge in [0, 0.05) is 5.92 Å². The summed E-state index contributed by atoms with van der Waals surface area (Å²) < 4.78 is 11.8. The van der Waals surface area contributed by atoms with Crippen LogP contribution in [0.25, 0.3) is 0 Å². The highest BCUT2D eigenvalue weighted by molar-refractivity contribution is 5.78. The molecule has 50 heavy (non-hydrogen) atoms. The molecule has 0 aromatic heterocycles. The minimum atomic E-state index is -0.106. The fraction of sp³-hybridized carbons (Fsp3) is 0.932. The van der Waals surface area contributed by atoms with Crippen LogP contribution in [0.3, 0.4) is 0 Å². The Morgan fingerprint density at radius 3 is 1.06 bits per heavy atom. The Kier molecular flexibility index (Phi) is 34.7. The molecule has 6 heteroatoms. The van der Waals surface area contributed by atoms with Gasteiger partial charge in [-0.1, -0.05) is 189 Å². The molecule has 0 aromatic carbocycles. The Hall–Kier alpha value is -1.59. The molecule has 0 aliphatic heterocycles. The second kappa shape index (κ2) is 35.8. The first-order valence-corrected chi connectivity index (χ1v) is 22.0. The third-order valence-corrected chi connectivity index (χ3v) is 10.5. The van der Waals surface area contributed by atoms with Gasteiger partial charge in [-0.2, -0.15) is 0 Å². The summed E-state index contributed by atoms with van der Waals surface area (Å²) in [5.41, 5.74) is 0. The van der Waals surface area contributed by atoms with E-state index in [0.29, 0.717) is 13.1 Å². The summed E-state index contributed by atoms with van der Waals surface area (Å²) in [4.78, 5) is 42.0. The van der Waals surface area contributed by atoms with E-state index in [9.17, 15) is 14.4 Å². The Morgan fingerprint density at radius 1 is 0.420 bits per heavy atom. The highest BCUT2D eigenvalue weighted by Gasteiger charge is 2.24. The van der Waals surface area contributed by atoms with Crippen molar-refractivity contribution >= 4 is 17.8 Å². The molecule has 0 spiro atoms. The van der Waals surface area contributed by atoms with Gasteiger partial charge < -0.3 is 14.4 Å². The van der Waals surface area contributed by atoms with Crippen LogP contribution in [-0.2, 0) is 23.9 Å². The third kappa shape index (κ3) is 27.1. The Morgan fingerprint density at radius 2 is 0.700 bits per heavy atom. The van der Waals surface area contributed by atoms with E-state index >= 15 is 0 Å². The molecule has 0 saturated carbocycles. The monoisotopic (exact) mass is 708 g/mol. The standard InChI is InChI=1S/C44H85NO5/c1-7-12-17-21-23-28-33-40(31-26-19-14-9-3)43(47)49-37-35-45(42(46)39(6)30-25-16-11-5)36-38-50-44(48)41(32-27-20-15-10-4)34-29-24-22-18-13-8-2/h39-41H,7-38H2,1-6H3. The minimum absolute atomic E-state index is 0.0583. The summed E-state index contributed by atoms with van der Waals surface area (Å²) in [6.45, 7) is 14.2. The van der Waals surface area contributed by atoms with Crippen LogP contribution >= 0.6 is 0 Å². The molecule has 0 heterocycles. The van der Waals surface area contributed by atoms with E-state index in [2.05, 4.69) is 34.6 Å². The maximum Gasteiger partial charge on any atom is 0.308 e. The molecule has 0 radical (unpaired) electrons. The number of unbranched alkanes of at least 4 members (excludes halogenated alkanes) is 18. The van der Waals surface area contributed by atoms with Crippen LogP contribution < -0.4 is 0 Å². The van der Waals surface area contributed by atoms with Gasteiger partial charge in [-0.3, -0.25) is 14.4 Å². The molecule has 0 N–H and O–H groups in total. The molecule has 0 aliphatic rings. The molecule has 0 aliphatic carbocycles. The number of amides is 1. The van der Waals surface area contributed by atoms with Gasteiger partial charge in [-0.25, -0.2) is 0 Å². The lowest BCUT2D eigenvalue weighted by molar-refractivity contribution is -0.153. The number of esters is 2. The molecular formula is C44H85NO5. The quantitative estimate of drug-likeness (QED) is 0.0475. The molecule has 3 atom stereocenters. The van der Waals surface area contributed by atoms with Crippen molar-refractivity contribution in [3.63, 3.8) is 0 Å². The van der Waals surface area contributed by atoms with E-state index in [1.165, 1.54) is 89.9 Å². The van der Waals surface area contributed by atoms with E-state index in [-0.39, 0.29) is 48.8 Å². The van der Waals surface area contributed by atoms with Gasteiger partial charge in [0.15, 0.2) is 0 Å². The smallest absolute Gasteiger partial charge is 0.308 e. The summed E-state index contributed by atoms with van der Waals surface area (Å²) >= 11 is 0. The summed E-state index contributed by atoms with van der Waals surface area (Å²) in [6.07, 6.45) is 31.4. The topological polar surface area (TPSA) is 72.9 Å². The van der Waals surface area contributed by atoms with Gasteiger partial charge in [0.2, 0.25) is 5.91 Å². The highest BCUT2D eigenvalue weighted by atomic mass is 16.5. The van der Waals surface area contributed by atoms with Crippen molar-refractivity contribution in [3.05, 3.63) is 0 Å². The Bertz CT molecular complexity index is 736. The van der Waals surface area contributed by atoms with Gasteiger partial charge in [0.25, 0.3) is 0 Å². The van der Waals surface area contributed by atoms with E-state index in [1.807, 2.05) is 6.92 Å². The number of rotatable bonds is 37. The van der Waals surface area contributed by atoms with Gasteiger partial charge >= 0.3 is 11.9 Å². The Labute approximate surface area is 311 Å². The molecule has 0 bridgehead atoms. The number of ether oxygens (including phenoxy) is 2. The van der Waals surface area contributed by atoms with E-state index in [0.717, 1.165) is 89.9 Å². The zero-order chi connectivity index (χ0) is 37.1. The molecule has 0 rings (SSSR count). The average molecular weight is 708 g/mol. The first kappa shape index (κ1) is 48.4. The summed E-state index contributed by atoms with van der Waals surface area (Å²) in [7, 11) is 0. The zero-order valence-electron chi connectivity index (χ0n) is 34.3. The number of carbonyl (C=O) groups is 3. The van der Waals surface area contributed by atoms with E-state index in [4.69, 9.17) is 9.47 Å². The van der Waals surface area contributed by atoms with Crippen LogP contribution in [0.1, 0.15) is 221 Å². The lowest BCUT2D eigenvalue weighted by Gasteiger charge is -2.26. The van der Waals surface area contributed by atoms with Crippen LogP contribution in [0.2, 0.25) is 0 Å². The molecule has 1 amide bonds. The number of hydrogen-bond donors (Lipinski definition) is 0. The zero-order valence-corrected chi connectivity index (χ0v) is 34.3. The average Bonchev–Trinajstić information content (AvgIpc) is 3.11. The van der Waals surface area contributed by atoms with Crippen molar-refractivity contribution in [2.75, 3.05) is 26.3 Å². The Balaban J connectivity index is 5.27. The number of carbonyl (C=O) groups excluding carboxylic acids is 3. The molecule has 0 saturated heterocycles. The largest absolute Gasteiger partial charge is 0.464 e. The molecule has 0 aromatic rings. The van der Waals surface area contributed by atoms with Crippen molar-refractivity contribution in [1.29, 1.82) is 0 Å². The molecule has 0 fully saturated rings. The second-order valence-corrected chi connectivity index (χ2v) is 15.3. The van der Waals surface area contributed by atoms with Crippen LogP contribution in [0.5, 0.6) is 0 Å². The summed E-state index contributed by atoms with van der Waals surface area (Å²) in [5.74, 6) is -0.365. The SMILES string of the molecule is CCCCCCCCC(CCCCCC)C(=O)OCCN(CCOC(=O)C(CCCCCC)CCCCCCCC)C(=O)C(C)CCCCC. The highest BCUT2D eigenvalue weighted by Crippen LogP contribution is 2.22. The molecule has 6 nitrogen and oxygen atoms in total. The maximum atomic E-state index is 13.6. The van der Waals surface area contributed by atoms with Crippen molar-refractivity contribution in [2.45, 2.75) is 221 Å². The number of hydrogen-bond acceptors (Lipinski definition) is 5. The lowest BCUT2D eigenvalue weighted by Crippen LogP contribution is -2.40. The molecular weight excluding hydrogens is 622 g/mol. The summed E-state index contributed by atoms with van der Waals surface area (Å²) in [6, 6.07) is 0. The van der Waals surface area contributed by atoms with Crippen LogP contribution in [0, 0.1) is 17.8 Å². The molecule has 296 valence electrons. The normalized spacial score (nSPS) is 13.2. The van der Waals surface area contributed by atoms with Crippen molar-refractivity contribution in [1.82, 2.24) is 4.90 Å². The van der Waals surface area contributed by atoms with Crippen molar-refractivity contribution < 1.29 is 23.9 Å². The van der Waals surface area contributed by atoms with Crippen molar-refractivity contribution in [3.8, 4) is 0 Å². The van der Waals surface area contributed by atoms with Crippen LogP contribution in [0.15, 0.2) is 0 Å². The van der Waals surface area contributed by atoms with Gasteiger partial charge in [0.05, 0.1) is 24.9 Å². The minimum Gasteiger partial charge on any atom is -0.464 e. The van der Waals surface area contributed by atoms with Gasteiger partial charge in [-0.05, 0) is 32.1 Å². The van der Waals surface area contributed by atoms with Crippen molar-refractivity contribution in [2.24, 2.45) is 17.8 Å². The predicted octanol–water partition coefficient (Wildman–Crippen LogP) is 12.8. The predicted molar refractivity (Wildman–Crippen MR) is 212 cm³/mol.